The molecule has 35 heavy (non-hydrogen) atoms. The Hall–Kier alpha value is -3.35. The van der Waals surface area contributed by atoms with Crippen LogP contribution in [-0.4, -0.2) is 52.7 Å². The van der Waals surface area contributed by atoms with E-state index in [-0.39, 0.29) is 43.4 Å². The molecule has 2 atom stereocenters. The number of carbonyl (C=O) groups excluding carboxylic acids is 2. The van der Waals surface area contributed by atoms with Crippen LogP contribution in [0.1, 0.15) is 63.5 Å². The van der Waals surface area contributed by atoms with Crippen LogP contribution in [0.5, 0.6) is 0 Å². The maximum atomic E-state index is 12.8. The molecule has 7 nitrogen and oxygen atoms in total. The predicted octanol–water partition coefficient (Wildman–Crippen LogP) is 4.80. The van der Waals surface area contributed by atoms with Crippen LogP contribution in [-0.2, 0) is 14.3 Å². The summed E-state index contributed by atoms with van der Waals surface area (Å²) in [6.07, 6.45) is 2.11. The summed E-state index contributed by atoms with van der Waals surface area (Å²) in [6, 6.07) is 16.4. The average molecular weight is 479 g/mol. The number of hydrogen-bond donors (Lipinski definition) is 2. The molecule has 2 aliphatic carbocycles. The Morgan fingerprint density at radius 2 is 1.60 bits per heavy atom. The Bertz CT molecular complexity index is 1060. The van der Waals surface area contributed by atoms with Crippen LogP contribution >= 0.6 is 0 Å². The van der Waals surface area contributed by atoms with E-state index in [4.69, 9.17) is 4.74 Å². The normalized spacial score (nSPS) is 19.1. The highest BCUT2D eigenvalue weighted by Crippen LogP contribution is 2.44. The molecule has 2 unspecified atom stereocenters. The average Bonchev–Trinajstić information content (AvgIpc) is 3.37. The SMILES string of the molecule is CC(C)(C)N(CC(=O)O)C(=O)CC1CCC(NC(=O)OCC2c3ccccc3-c3ccccc32)C1. The van der Waals surface area contributed by atoms with Gasteiger partial charge < -0.3 is 20.1 Å². The lowest BCUT2D eigenvalue weighted by atomic mass is 9.98. The fourth-order valence-corrected chi connectivity index (χ4v) is 5.39. The number of rotatable bonds is 7. The molecule has 186 valence electrons. The summed E-state index contributed by atoms with van der Waals surface area (Å²) in [7, 11) is 0. The van der Waals surface area contributed by atoms with E-state index in [9.17, 15) is 19.5 Å². The van der Waals surface area contributed by atoms with Gasteiger partial charge in [0.05, 0.1) is 0 Å². The number of carboxylic acid groups (broad SMARTS) is 1. The van der Waals surface area contributed by atoms with Crippen LogP contribution < -0.4 is 5.32 Å². The van der Waals surface area contributed by atoms with Crippen molar-refractivity contribution in [3.63, 3.8) is 0 Å². The standard InChI is InChI=1S/C28H34N2O5/c1-28(2,3)30(16-26(32)33)25(31)15-18-12-13-19(14-18)29-27(34)35-17-24-22-10-6-4-8-20(22)21-9-5-7-11-23(21)24/h4-11,18-19,24H,12-17H2,1-3H3,(H,29,34)(H,32,33). The molecule has 2 aromatic rings. The van der Waals surface area contributed by atoms with Crippen LogP contribution in [0.2, 0.25) is 0 Å². The van der Waals surface area contributed by atoms with Gasteiger partial charge in [-0.3, -0.25) is 9.59 Å². The van der Waals surface area contributed by atoms with Gasteiger partial charge in [-0.25, -0.2) is 4.79 Å². The van der Waals surface area contributed by atoms with E-state index in [0.29, 0.717) is 6.42 Å². The van der Waals surface area contributed by atoms with Gasteiger partial charge in [0.15, 0.2) is 0 Å². The third kappa shape index (κ3) is 5.66. The van der Waals surface area contributed by atoms with Gasteiger partial charge in [0.1, 0.15) is 13.2 Å². The number of fused-ring (bicyclic) bond motifs is 3. The number of alkyl carbamates (subject to hydrolysis) is 1. The maximum absolute atomic E-state index is 12.8. The van der Waals surface area contributed by atoms with Crippen molar-refractivity contribution in [3.05, 3.63) is 59.7 Å². The molecule has 4 rings (SSSR count). The summed E-state index contributed by atoms with van der Waals surface area (Å²) in [5, 5.41) is 12.1. The minimum absolute atomic E-state index is 0.0136. The Morgan fingerprint density at radius 1 is 1.00 bits per heavy atom. The van der Waals surface area contributed by atoms with Crippen LogP contribution in [0.25, 0.3) is 11.1 Å². The second kappa shape index (κ2) is 10.1. The first kappa shape index (κ1) is 24.8. The number of nitrogens with one attached hydrogen (secondary N) is 1. The van der Waals surface area contributed by atoms with Crippen molar-refractivity contribution >= 4 is 18.0 Å². The molecular weight excluding hydrogens is 444 g/mol. The van der Waals surface area contributed by atoms with Gasteiger partial charge in [-0.2, -0.15) is 0 Å². The topological polar surface area (TPSA) is 95.9 Å². The molecule has 0 aliphatic heterocycles. The van der Waals surface area contributed by atoms with Crippen LogP contribution in [0.3, 0.4) is 0 Å². The number of carboxylic acids is 1. The number of aliphatic carboxylic acids is 1. The number of amides is 2. The summed E-state index contributed by atoms with van der Waals surface area (Å²) in [5.41, 5.74) is 4.16. The van der Waals surface area contributed by atoms with E-state index >= 15 is 0 Å². The van der Waals surface area contributed by atoms with Crippen molar-refractivity contribution in [2.24, 2.45) is 5.92 Å². The molecule has 2 amide bonds. The van der Waals surface area contributed by atoms with E-state index in [1.165, 1.54) is 27.2 Å². The Morgan fingerprint density at radius 3 is 2.17 bits per heavy atom. The molecule has 1 saturated carbocycles. The summed E-state index contributed by atoms with van der Waals surface area (Å²) in [6.45, 7) is 5.47. The van der Waals surface area contributed by atoms with Crippen molar-refractivity contribution in [3.8, 4) is 11.1 Å². The lowest BCUT2D eigenvalue weighted by molar-refractivity contribution is -0.148. The summed E-state index contributed by atoms with van der Waals surface area (Å²) < 4.78 is 5.65. The Kier molecular flexibility index (Phi) is 7.15. The third-order valence-electron chi connectivity index (χ3n) is 7.07. The lowest BCUT2D eigenvalue weighted by Crippen LogP contribution is -2.48. The number of hydrogen-bond acceptors (Lipinski definition) is 4. The van der Waals surface area contributed by atoms with Crippen LogP contribution in [0.4, 0.5) is 4.79 Å². The number of benzene rings is 2. The molecule has 0 spiro atoms. The third-order valence-corrected chi connectivity index (χ3v) is 7.07. The maximum Gasteiger partial charge on any atom is 0.407 e. The Balaban J connectivity index is 1.29. The Labute approximate surface area is 206 Å². The molecule has 2 aliphatic rings. The molecule has 0 heterocycles. The zero-order valence-corrected chi connectivity index (χ0v) is 20.6. The van der Waals surface area contributed by atoms with Gasteiger partial charge in [0.25, 0.3) is 0 Å². The molecule has 2 N–H and O–H groups in total. The first-order valence-electron chi connectivity index (χ1n) is 12.3. The van der Waals surface area contributed by atoms with Crippen LogP contribution in [0, 0.1) is 5.92 Å². The van der Waals surface area contributed by atoms with Gasteiger partial charge in [-0.15, -0.1) is 0 Å². The van der Waals surface area contributed by atoms with Crippen molar-refractivity contribution in [2.75, 3.05) is 13.2 Å². The molecule has 0 radical (unpaired) electrons. The molecule has 0 saturated heterocycles. The summed E-state index contributed by atoms with van der Waals surface area (Å²) in [4.78, 5) is 38.0. The second-order valence-electron chi connectivity index (χ2n) is 10.6. The number of nitrogens with zero attached hydrogens (tertiary/aromatic N) is 1. The largest absolute Gasteiger partial charge is 0.480 e. The minimum Gasteiger partial charge on any atom is -0.480 e. The van der Waals surface area contributed by atoms with Gasteiger partial charge in [-0.05, 0) is 68.2 Å². The van der Waals surface area contributed by atoms with E-state index < -0.39 is 17.6 Å². The monoisotopic (exact) mass is 478 g/mol. The summed E-state index contributed by atoms with van der Waals surface area (Å²) >= 11 is 0. The lowest BCUT2D eigenvalue weighted by Gasteiger charge is -2.35. The molecule has 7 heteroatoms. The van der Waals surface area contributed by atoms with Crippen molar-refractivity contribution < 1.29 is 24.2 Å². The van der Waals surface area contributed by atoms with Gasteiger partial charge >= 0.3 is 12.1 Å². The van der Waals surface area contributed by atoms with Crippen molar-refractivity contribution in [1.82, 2.24) is 10.2 Å². The highest BCUT2D eigenvalue weighted by Gasteiger charge is 2.34. The fraction of sp³-hybridized carbons (Fsp3) is 0.464. The molecule has 0 aromatic heterocycles. The zero-order valence-electron chi connectivity index (χ0n) is 20.6. The van der Waals surface area contributed by atoms with Crippen LogP contribution in [0.15, 0.2) is 48.5 Å². The first-order chi connectivity index (χ1) is 16.6. The molecular formula is C28H34N2O5. The summed E-state index contributed by atoms with van der Waals surface area (Å²) in [5.74, 6) is -1.05. The fourth-order valence-electron chi connectivity index (χ4n) is 5.39. The molecule has 2 aromatic carbocycles. The highest BCUT2D eigenvalue weighted by molar-refractivity contribution is 5.82. The predicted molar refractivity (Wildman–Crippen MR) is 133 cm³/mol. The van der Waals surface area contributed by atoms with Crippen molar-refractivity contribution in [1.29, 1.82) is 0 Å². The highest BCUT2D eigenvalue weighted by atomic mass is 16.5. The van der Waals surface area contributed by atoms with E-state index in [2.05, 4.69) is 29.6 Å². The second-order valence-corrected chi connectivity index (χ2v) is 10.6. The smallest absolute Gasteiger partial charge is 0.407 e. The first-order valence-corrected chi connectivity index (χ1v) is 12.3. The number of ether oxygens (including phenoxy) is 1. The van der Waals surface area contributed by atoms with Gasteiger partial charge in [0, 0.05) is 23.9 Å². The quantitative estimate of drug-likeness (QED) is 0.596. The zero-order chi connectivity index (χ0) is 25.2. The minimum atomic E-state index is -1.02. The van der Waals surface area contributed by atoms with E-state index in [1.807, 2.05) is 45.0 Å². The number of carbonyl (C=O) groups is 3. The van der Waals surface area contributed by atoms with E-state index in [0.717, 1.165) is 12.8 Å². The molecule has 1 fully saturated rings. The van der Waals surface area contributed by atoms with E-state index in [1.54, 1.807) is 0 Å². The molecule has 0 bridgehead atoms. The van der Waals surface area contributed by atoms with Crippen molar-refractivity contribution in [2.45, 2.75) is 64.0 Å². The van der Waals surface area contributed by atoms with Gasteiger partial charge in [-0.1, -0.05) is 48.5 Å². The van der Waals surface area contributed by atoms with Gasteiger partial charge in [0.2, 0.25) is 5.91 Å².